The zero-order valence-corrected chi connectivity index (χ0v) is 37.7. The molecule has 0 aliphatic carbocycles. The molecular formula is C38H56Cl3N5O14S. The summed E-state index contributed by atoms with van der Waals surface area (Å²) >= 11 is 19.3. The highest BCUT2D eigenvalue weighted by Crippen LogP contribution is 2.41. The second kappa shape index (κ2) is 23.0. The van der Waals surface area contributed by atoms with Crippen molar-refractivity contribution >= 4 is 82.0 Å². The number of carbonyl (C=O) groups is 5. The van der Waals surface area contributed by atoms with E-state index in [9.17, 15) is 49.4 Å². The summed E-state index contributed by atoms with van der Waals surface area (Å²) in [5, 5.41) is 49.0. The molecule has 61 heavy (non-hydrogen) atoms. The first-order valence-corrected chi connectivity index (χ1v) is 22.0. The van der Waals surface area contributed by atoms with Crippen LogP contribution in [0.15, 0.2) is 24.3 Å². The monoisotopic (exact) mass is 943 g/mol. The number of likely N-dealkylation sites (tertiary alicyclic amines) is 1. The number of alkyl halides is 3. The molecule has 12 atom stereocenters. The van der Waals surface area contributed by atoms with Crippen molar-refractivity contribution in [2.75, 3.05) is 33.1 Å². The van der Waals surface area contributed by atoms with E-state index in [1.54, 1.807) is 20.1 Å². The summed E-state index contributed by atoms with van der Waals surface area (Å²) in [7, 11) is 1.87. The largest absolute Gasteiger partial charge is 0.463 e. The second-order valence-electron chi connectivity index (χ2n) is 15.4. The maximum Gasteiger partial charge on any atom is 0.326 e. The third kappa shape index (κ3) is 14.5. The minimum absolute atomic E-state index is 0.113. The predicted molar refractivity (Wildman–Crippen MR) is 225 cm³/mol. The van der Waals surface area contributed by atoms with Crippen LogP contribution in [0.3, 0.4) is 0 Å². The Bertz CT molecular complexity index is 1690. The molecular weight excluding hydrogens is 889 g/mol. The van der Waals surface area contributed by atoms with Crippen LogP contribution in [0.4, 0.5) is 5.69 Å². The van der Waals surface area contributed by atoms with E-state index < -0.39 is 124 Å². The summed E-state index contributed by atoms with van der Waals surface area (Å²) in [5.74, 6) is -3.90. The lowest BCUT2D eigenvalue weighted by Gasteiger charge is -2.50. The van der Waals surface area contributed by atoms with Crippen LogP contribution in [0.5, 0.6) is 0 Å². The van der Waals surface area contributed by atoms with Gasteiger partial charge in [-0.25, -0.2) is 0 Å². The molecule has 3 rings (SSSR count). The van der Waals surface area contributed by atoms with E-state index in [1.165, 1.54) is 12.1 Å². The Morgan fingerprint density at radius 2 is 1.72 bits per heavy atom. The molecule has 7 N–H and O–H groups in total. The molecule has 1 aromatic rings. The predicted octanol–water partition coefficient (Wildman–Crippen LogP) is 1.84. The fraction of sp³-hybridized carbons (Fsp3) is 0.711. The number of carbonyl (C=O) groups excluding carboxylic acids is 5. The number of thioether (sulfide) groups is 1. The zero-order chi connectivity index (χ0) is 46.0. The number of nitro groups is 1. The van der Waals surface area contributed by atoms with E-state index >= 15 is 0 Å². The number of benzene rings is 1. The van der Waals surface area contributed by atoms with Gasteiger partial charge in [0.05, 0.1) is 41.3 Å². The first-order valence-electron chi connectivity index (χ1n) is 19.6. The number of non-ortho nitro benzene ring substituents is 1. The van der Waals surface area contributed by atoms with Gasteiger partial charge in [0, 0.05) is 18.7 Å². The number of aliphatic hydroxyl groups excluding tert-OH is 3. The number of amides is 2. The molecule has 2 heterocycles. The van der Waals surface area contributed by atoms with Gasteiger partial charge in [-0.05, 0) is 70.5 Å². The molecule has 0 bridgehead atoms. The maximum atomic E-state index is 13.4. The van der Waals surface area contributed by atoms with Crippen LogP contribution in [0, 0.1) is 16.0 Å². The molecule has 2 saturated heterocycles. The number of esters is 3. The molecule has 344 valence electrons. The minimum Gasteiger partial charge on any atom is -0.463 e. The van der Waals surface area contributed by atoms with Crippen LogP contribution in [-0.4, -0.2) is 151 Å². The number of likely N-dealkylation sites (N-methyl/N-ethyl adjacent to an activating group) is 1. The summed E-state index contributed by atoms with van der Waals surface area (Å²) in [6, 6.07) is 0.443. The summed E-state index contributed by atoms with van der Waals surface area (Å²) in [4.78, 5) is 75.0. The Morgan fingerprint density at radius 3 is 2.28 bits per heavy atom. The average molecular weight is 945 g/mol. The normalized spacial score (nSPS) is 26.8. The van der Waals surface area contributed by atoms with Gasteiger partial charge in [0.15, 0.2) is 15.4 Å². The second-order valence-corrected chi connectivity index (χ2v) is 19.0. The van der Waals surface area contributed by atoms with Gasteiger partial charge in [-0.15, -0.1) is 23.4 Å². The van der Waals surface area contributed by atoms with Crippen LogP contribution in [-0.2, 0) is 42.9 Å². The number of nitrogens with two attached hydrogens (primary N) is 1. The fourth-order valence-electron chi connectivity index (χ4n) is 7.00. The minimum atomic E-state index is -1.95. The van der Waals surface area contributed by atoms with Gasteiger partial charge in [0.25, 0.3) is 11.6 Å². The Balaban J connectivity index is 1.54. The van der Waals surface area contributed by atoms with Crippen molar-refractivity contribution in [1.29, 1.82) is 0 Å². The first kappa shape index (κ1) is 52.3. The topological polar surface area (TPSA) is 279 Å². The van der Waals surface area contributed by atoms with E-state index in [1.807, 2.05) is 11.9 Å². The highest BCUT2D eigenvalue weighted by atomic mass is 35.5. The lowest BCUT2D eigenvalue weighted by atomic mass is 9.89. The number of nitrogens with one attached hydrogen (secondary N) is 2. The Kier molecular flexibility index (Phi) is 19.8. The fourth-order valence-corrected chi connectivity index (χ4v) is 7.95. The molecule has 23 heteroatoms. The first-order chi connectivity index (χ1) is 28.4. The zero-order valence-electron chi connectivity index (χ0n) is 34.7. The van der Waals surface area contributed by atoms with Gasteiger partial charge in [-0.1, -0.05) is 36.5 Å². The molecule has 0 aromatic heterocycles. The van der Waals surface area contributed by atoms with Crippen LogP contribution in [0.1, 0.15) is 71.5 Å². The number of halogens is 3. The average Bonchev–Trinajstić information content (AvgIpc) is 3.58. The van der Waals surface area contributed by atoms with E-state index in [0.717, 1.165) is 50.2 Å². The Hall–Kier alpha value is -3.05. The lowest BCUT2D eigenvalue weighted by Crippen LogP contribution is -2.68. The molecule has 0 spiro atoms. The van der Waals surface area contributed by atoms with Gasteiger partial charge in [-0.3, -0.25) is 39.0 Å². The highest BCUT2D eigenvalue weighted by molar-refractivity contribution is 7.99. The van der Waals surface area contributed by atoms with E-state index in [2.05, 4.69) is 17.6 Å². The SMILES string of the molecule is CCCC1CC(C(=O)NC(C(C)Cl)[C@H]2O[C@](C)(SC)[C@H](OC(=O)CCC(=O)OCC(N)C(=O)OCC(NC(=O)C(C)(Cl)Cl)C(O)c3ccc([N+](=O)[O-])cc3)[C@@H](O)[C@H]2O)N(C)C1. The molecule has 2 fully saturated rings. The number of nitrogens with zero attached hydrogens (tertiary/aromatic N) is 2. The van der Waals surface area contributed by atoms with Crippen molar-refractivity contribution < 1.29 is 63.2 Å². The van der Waals surface area contributed by atoms with E-state index in [0.29, 0.717) is 12.3 Å². The van der Waals surface area contributed by atoms with Gasteiger partial charge in [0.2, 0.25) is 5.91 Å². The quantitative estimate of drug-likeness (QED) is 0.0337. The van der Waals surface area contributed by atoms with Crippen molar-refractivity contribution in [3.05, 3.63) is 39.9 Å². The van der Waals surface area contributed by atoms with Crippen molar-refractivity contribution in [2.45, 2.75) is 129 Å². The molecule has 2 aliphatic heterocycles. The summed E-state index contributed by atoms with van der Waals surface area (Å²) in [5.41, 5.74) is 5.69. The van der Waals surface area contributed by atoms with Gasteiger partial charge in [0.1, 0.15) is 43.7 Å². The smallest absolute Gasteiger partial charge is 0.326 e. The third-order valence-corrected chi connectivity index (χ3v) is 12.3. The van der Waals surface area contributed by atoms with Crippen LogP contribution in [0.25, 0.3) is 0 Å². The van der Waals surface area contributed by atoms with Gasteiger partial charge >= 0.3 is 17.9 Å². The van der Waals surface area contributed by atoms with E-state index in [-0.39, 0.29) is 17.2 Å². The maximum absolute atomic E-state index is 13.4. The molecule has 2 aliphatic rings. The van der Waals surface area contributed by atoms with E-state index in [4.69, 9.17) is 59.5 Å². The summed E-state index contributed by atoms with van der Waals surface area (Å²) in [6.45, 7) is 5.80. The molecule has 7 unspecified atom stereocenters. The Labute approximate surface area is 373 Å². The van der Waals surface area contributed by atoms with Crippen LogP contribution < -0.4 is 16.4 Å². The summed E-state index contributed by atoms with van der Waals surface area (Å²) in [6.07, 6.45) is -4.32. The van der Waals surface area contributed by atoms with Crippen LogP contribution >= 0.6 is 46.6 Å². The third-order valence-electron chi connectivity index (χ3n) is 10.5. The Morgan fingerprint density at radius 1 is 1.10 bits per heavy atom. The number of rotatable bonds is 21. The number of nitro benzene ring substituents is 1. The lowest BCUT2D eigenvalue weighted by molar-refractivity contribution is -0.384. The number of ether oxygens (including phenoxy) is 4. The van der Waals surface area contributed by atoms with Crippen molar-refractivity contribution in [1.82, 2.24) is 15.5 Å². The number of hydrogen-bond donors (Lipinski definition) is 6. The molecule has 19 nitrogen and oxygen atoms in total. The molecule has 2 amide bonds. The molecule has 1 aromatic carbocycles. The standard InChI is InChI=1S/C38H56Cl3N5O14S/c1-7-8-20-15-25(45(5)16-20)34(52)44-28(19(2)39)32-30(50)31(51)33(38(4,60-32)61-6)59-27(48)14-13-26(47)57-17-23(42)35(53)58-18-24(43-36(54)37(3,40)41)29(49)21-9-11-22(12-10-21)46(55)56/h9-12,19-20,23-25,28-33,49-51H,7-8,13-18,42H2,1-6H3,(H,43,54)(H,44,52)/t19?,20?,23?,24?,25?,28?,29?,30-,31+,32-,33-,38-/m1/s1. The number of hydrogen-bond acceptors (Lipinski definition) is 17. The van der Waals surface area contributed by atoms with Gasteiger partial charge < -0.3 is 50.6 Å². The number of aliphatic hydroxyl groups is 3. The highest BCUT2D eigenvalue weighted by Gasteiger charge is 2.56. The molecule has 0 saturated carbocycles. The summed E-state index contributed by atoms with van der Waals surface area (Å²) < 4.78 is 20.0. The van der Waals surface area contributed by atoms with Crippen molar-refractivity contribution in [3.63, 3.8) is 0 Å². The van der Waals surface area contributed by atoms with Crippen LogP contribution in [0.2, 0.25) is 0 Å². The van der Waals surface area contributed by atoms with Crippen molar-refractivity contribution in [2.24, 2.45) is 11.7 Å². The molecule has 0 radical (unpaired) electrons. The van der Waals surface area contributed by atoms with Gasteiger partial charge in [-0.2, -0.15) is 0 Å². The van der Waals surface area contributed by atoms with Crippen molar-refractivity contribution in [3.8, 4) is 0 Å².